The Morgan fingerprint density at radius 3 is 1.49 bits per heavy atom. The Labute approximate surface area is 518 Å². The van der Waals surface area contributed by atoms with Crippen LogP contribution < -0.4 is 24.8 Å². The summed E-state index contributed by atoms with van der Waals surface area (Å²) in [5.41, 5.74) is 9.65. The van der Waals surface area contributed by atoms with Crippen LogP contribution in [0.2, 0.25) is 0 Å². The van der Waals surface area contributed by atoms with Crippen molar-refractivity contribution in [2.24, 2.45) is 0 Å². The van der Waals surface area contributed by atoms with Crippen molar-refractivity contribution in [1.82, 2.24) is 58.6 Å². The summed E-state index contributed by atoms with van der Waals surface area (Å²) in [6.07, 6.45) is 5.65. The van der Waals surface area contributed by atoms with Gasteiger partial charge in [-0.05, 0) is 120 Å². The van der Waals surface area contributed by atoms with Crippen LogP contribution in [0.4, 0.5) is 23.1 Å². The van der Waals surface area contributed by atoms with Crippen LogP contribution in [0.3, 0.4) is 0 Å². The molecule has 11 heterocycles. The fraction of sp³-hybridized carbons (Fsp3) is 0.132. The minimum atomic E-state index is 0.551. The number of thiophene rings is 3. The van der Waals surface area contributed by atoms with Gasteiger partial charge in [0.15, 0.2) is 40.1 Å². The SMILES string of the molecule is CN1CCN(Cc2ccc(-c3ccc4ncc(-c5cc6ccccc6s5)n4n3)cc2)CC1.COc1cccc(Nc2ccc3ncc(-c4cc5ccccc5s4)n3n2)c1OC.COc1cccc(Nc2ccc3ncc(-c4cc5ccccc5s4)n3n2)n1. The van der Waals surface area contributed by atoms with Gasteiger partial charge in [0, 0.05) is 58.5 Å². The Balaban J connectivity index is 0.000000116. The predicted octanol–water partition coefficient (Wildman–Crippen LogP) is 15.2. The lowest BCUT2D eigenvalue weighted by atomic mass is 10.1. The molecule has 0 bridgehead atoms. The first-order chi connectivity index (χ1) is 43.3. The molecule has 5 aromatic carbocycles. The summed E-state index contributed by atoms with van der Waals surface area (Å²) < 4.78 is 25.5. The number of pyridine rings is 1. The van der Waals surface area contributed by atoms with Crippen LogP contribution in [0.15, 0.2) is 207 Å². The molecule has 0 atom stereocenters. The number of hydrogen-bond donors (Lipinski definition) is 2. The number of methoxy groups -OCH3 is 3. The van der Waals surface area contributed by atoms with E-state index >= 15 is 0 Å². The number of ether oxygens (including phenoxy) is 3. The van der Waals surface area contributed by atoms with Gasteiger partial charge in [0.2, 0.25) is 5.88 Å². The van der Waals surface area contributed by atoms with Crippen LogP contribution in [0, 0.1) is 0 Å². The largest absolute Gasteiger partial charge is 0.493 e. The molecule has 0 amide bonds. The summed E-state index contributed by atoms with van der Waals surface area (Å²) in [6.45, 7) is 5.58. The van der Waals surface area contributed by atoms with E-state index in [1.54, 1.807) is 61.4 Å². The van der Waals surface area contributed by atoms with E-state index in [0.717, 1.165) is 93.4 Å². The van der Waals surface area contributed by atoms with Gasteiger partial charge in [-0.15, -0.1) is 44.2 Å². The van der Waals surface area contributed by atoms with Gasteiger partial charge in [-0.3, -0.25) is 4.90 Å². The third-order valence-corrected chi connectivity index (χ3v) is 18.6. The molecule has 2 N–H and O–H groups in total. The predicted molar refractivity (Wildman–Crippen MR) is 357 cm³/mol. The molecule has 0 spiro atoms. The normalized spacial score (nSPS) is 12.8. The maximum Gasteiger partial charge on any atom is 0.214 e. The number of nitrogens with one attached hydrogen (secondary N) is 2. The maximum absolute atomic E-state index is 5.51. The number of fused-ring (bicyclic) bond motifs is 6. The number of likely N-dealkylation sites (N-methyl/N-ethyl adjacent to an activating group) is 1. The molecule has 1 saturated heterocycles. The number of rotatable bonds is 13. The second-order valence-electron chi connectivity index (χ2n) is 21.0. The molecule has 1 aliphatic rings. The minimum absolute atomic E-state index is 0.551. The van der Waals surface area contributed by atoms with Crippen LogP contribution in [-0.2, 0) is 6.54 Å². The fourth-order valence-electron chi connectivity index (χ4n) is 10.6. The zero-order valence-corrected chi connectivity index (χ0v) is 50.9. The summed E-state index contributed by atoms with van der Waals surface area (Å²) >= 11 is 5.25. The molecule has 1 aliphatic heterocycles. The summed E-state index contributed by atoms with van der Waals surface area (Å²) in [7, 11) is 7.03. The van der Waals surface area contributed by atoms with Gasteiger partial charge in [0.05, 0.1) is 65.9 Å². The van der Waals surface area contributed by atoms with Crippen molar-refractivity contribution < 1.29 is 14.2 Å². The lowest BCUT2D eigenvalue weighted by molar-refractivity contribution is 0.148. The molecule has 15 aromatic rings. The van der Waals surface area contributed by atoms with E-state index in [4.69, 9.17) is 29.5 Å². The molecule has 436 valence electrons. The van der Waals surface area contributed by atoms with Crippen molar-refractivity contribution in [3.8, 4) is 60.3 Å². The molecule has 17 nitrogen and oxygen atoms in total. The lowest BCUT2D eigenvalue weighted by Crippen LogP contribution is -2.43. The topological polar surface area (TPSA) is 162 Å². The van der Waals surface area contributed by atoms with Crippen LogP contribution >= 0.6 is 34.0 Å². The monoisotopic (exact) mass is 1210 g/mol. The van der Waals surface area contributed by atoms with E-state index in [-0.39, 0.29) is 0 Å². The first-order valence-corrected chi connectivity index (χ1v) is 31.0. The summed E-state index contributed by atoms with van der Waals surface area (Å²) in [4.78, 5) is 26.3. The second kappa shape index (κ2) is 24.7. The highest BCUT2D eigenvalue weighted by atomic mass is 32.1. The van der Waals surface area contributed by atoms with E-state index in [9.17, 15) is 0 Å². The Morgan fingerprint density at radius 2 is 0.966 bits per heavy atom. The Morgan fingerprint density at radius 1 is 0.455 bits per heavy atom. The van der Waals surface area contributed by atoms with E-state index in [0.29, 0.717) is 34.8 Å². The van der Waals surface area contributed by atoms with Gasteiger partial charge in [-0.2, -0.15) is 10.1 Å². The van der Waals surface area contributed by atoms with Gasteiger partial charge < -0.3 is 29.7 Å². The van der Waals surface area contributed by atoms with Crippen LogP contribution in [0.1, 0.15) is 5.56 Å². The van der Waals surface area contributed by atoms with Crippen molar-refractivity contribution in [1.29, 1.82) is 0 Å². The van der Waals surface area contributed by atoms with Gasteiger partial charge in [0.1, 0.15) is 22.9 Å². The van der Waals surface area contributed by atoms with Crippen molar-refractivity contribution in [3.05, 3.63) is 212 Å². The standard InChI is InChI=1S/C26H25N5S.C22H18N4O2S.C20H15N5OS/c1-29-12-14-30(15-13-29)18-19-6-8-20(9-7-19)22-10-11-26-27-17-23(31(26)28-22)25-16-21-4-2-3-5-24(21)32-25;1-27-17-8-5-7-15(22(17)28-2)24-20-10-11-21-23-13-16(26(21)25-20)19-12-14-6-3-4-9-18(14)29-19;1-26-20-8-4-7-17(23-20)22-18-9-10-19-21-12-14(25(19)24-18)16-11-13-5-2-3-6-15(13)27-16/h2-11,16-17H,12-15,18H2,1H3;3-13H,1-2H3,(H,24,25);2-12H,1H3,(H,22,23,24). The van der Waals surface area contributed by atoms with E-state index in [1.165, 1.54) is 40.7 Å². The highest BCUT2D eigenvalue weighted by Gasteiger charge is 2.18. The number of imidazole rings is 3. The minimum Gasteiger partial charge on any atom is -0.493 e. The fourth-order valence-corrected chi connectivity index (χ4v) is 13.8. The number of benzene rings is 5. The Hall–Kier alpha value is -10.1. The molecular weight excluding hydrogens is 1160 g/mol. The molecule has 0 unspecified atom stereocenters. The van der Waals surface area contributed by atoms with Crippen molar-refractivity contribution in [2.75, 3.05) is 65.2 Å². The van der Waals surface area contributed by atoms with Crippen LogP contribution in [-0.4, -0.2) is 113 Å². The summed E-state index contributed by atoms with van der Waals surface area (Å²) in [5, 5.41) is 24.7. The average Bonchev–Trinajstić information content (AvgIpc) is 3.86. The molecule has 0 aliphatic carbocycles. The van der Waals surface area contributed by atoms with E-state index < -0.39 is 0 Å². The van der Waals surface area contributed by atoms with E-state index in [2.05, 4.69) is 175 Å². The van der Waals surface area contributed by atoms with Crippen molar-refractivity contribution in [2.45, 2.75) is 6.54 Å². The third kappa shape index (κ3) is 11.7. The number of para-hydroxylation sites is 1. The number of hydrogen-bond acceptors (Lipinski definition) is 17. The molecule has 1 fully saturated rings. The number of piperazine rings is 1. The first kappa shape index (κ1) is 55.8. The molecule has 0 saturated carbocycles. The smallest absolute Gasteiger partial charge is 0.214 e. The second-order valence-corrected chi connectivity index (χ2v) is 24.2. The quantitative estimate of drug-likeness (QED) is 0.112. The van der Waals surface area contributed by atoms with E-state index in [1.807, 2.05) is 86.7 Å². The molecule has 10 aromatic heterocycles. The molecule has 16 rings (SSSR count). The number of nitrogens with zero attached hydrogens (tertiary/aromatic N) is 12. The molecule has 88 heavy (non-hydrogen) atoms. The first-order valence-electron chi connectivity index (χ1n) is 28.6. The Kier molecular flexibility index (Phi) is 15.7. The Bertz CT molecular complexity index is 4840. The molecule has 0 radical (unpaired) electrons. The van der Waals surface area contributed by atoms with Crippen LogP contribution in [0.25, 0.3) is 90.2 Å². The van der Waals surface area contributed by atoms with Crippen molar-refractivity contribution in [3.63, 3.8) is 0 Å². The highest BCUT2D eigenvalue weighted by molar-refractivity contribution is 7.23. The zero-order valence-electron chi connectivity index (χ0n) is 48.5. The van der Waals surface area contributed by atoms with Gasteiger partial charge in [-0.25, -0.2) is 28.5 Å². The summed E-state index contributed by atoms with van der Waals surface area (Å²) in [6, 6.07) is 63.6. The van der Waals surface area contributed by atoms with Crippen LogP contribution in [0.5, 0.6) is 17.4 Å². The highest BCUT2D eigenvalue weighted by Crippen LogP contribution is 2.39. The van der Waals surface area contributed by atoms with Gasteiger partial charge in [-0.1, -0.05) is 91.0 Å². The molecule has 20 heteroatoms. The maximum atomic E-state index is 5.51. The summed E-state index contributed by atoms with van der Waals surface area (Å²) in [5.74, 6) is 3.88. The van der Waals surface area contributed by atoms with Gasteiger partial charge in [0.25, 0.3) is 0 Å². The number of aromatic nitrogens is 10. The molecular formula is C68H58N14O3S3. The average molecular weight is 1220 g/mol. The lowest BCUT2D eigenvalue weighted by Gasteiger charge is -2.32. The third-order valence-electron chi connectivity index (χ3n) is 15.2. The van der Waals surface area contributed by atoms with Gasteiger partial charge >= 0.3 is 0 Å². The van der Waals surface area contributed by atoms with Crippen molar-refractivity contribution >= 4 is 104 Å². The number of anilines is 4. The zero-order chi connectivity index (χ0) is 59.5.